The Balaban J connectivity index is 2.41. The highest BCUT2D eigenvalue weighted by atomic mass is 16.5. The van der Waals surface area contributed by atoms with Crippen LogP contribution in [0.2, 0.25) is 0 Å². The lowest BCUT2D eigenvalue weighted by Crippen LogP contribution is -2.25. The van der Waals surface area contributed by atoms with Gasteiger partial charge in [0.2, 0.25) is 0 Å². The van der Waals surface area contributed by atoms with E-state index in [1.54, 1.807) is 19.5 Å². The molecular formula is C7H13N3O. The smallest absolute Gasteiger partial charge is 0.108 e. The quantitative estimate of drug-likeness (QED) is 0.639. The third kappa shape index (κ3) is 2.32. The summed E-state index contributed by atoms with van der Waals surface area (Å²) in [6, 6.07) is 0. The van der Waals surface area contributed by atoms with Crippen LogP contribution in [0.15, 0.2) is 12.4 Å². The number of nitrogens with one attached hydrogen (secondary N) is 1. The molecule has 3 N–H and O–H groups in total. The number of hydrogen-bond donors (Lipinski definition) is 2. The first-order valence-corrected chi connectivity index (χ1v) is 3.58. The average molecular weight is 155 g/mol. The molecule has 1 rings (SSSR count). The average Bonchev–Trinajstić information content (AvgIpc) is 2.52. The van der Waals surface area contributed by atoms with Gasteiger partial charge < -0.3 is 15.5 Å². The second kappa shape index (κ2) is 4.10. The van der Waals surface area contributed by atoms with Gasteiger partial charge in [0.25, 0.3) is 0 Å². The van der Waals surface area contributed by atoms with E-state index in [0.29, 0.717) is 6.54 Å². The Morgan fingerprint density at radius 1 is 1.82 bits per heavy atom. The van der Waals surface area contributed by atoms with Gasteiger partial charge in [0.05, 0.1) is 6.10 Å². The first kappa shape index (κ1) is 8.23. The normalized spacial score (nSPS) is 13.3. The zero-order valence-electron chi connectivity index (χ0n) is 6.58. The van der Waals surface area contributed by atoms with Crippen molar-refractivity contribution >= 4 is 0 Å². The number of aromatic amines is 1. The molecule has 1 atom stereocenters. The molecule has 0 aromatic carbocycles. The van der Waals surface area contributed by atoms with E-state index in [9.17, 15) is 0 Å². The Kier molecular flexibility index (Phi) is 3.07. The van der Waals surface area contributed by atoms with Crippen LogP contribution < -0.4 is 5.73 Å². The van der Waals surface area contributed by atoms with E-state index in [4.69, 9.17) is 10.5 Å². The lowest BCUT2D eigenvalue weighted by Gasteiger charge is -2.09. The molecule has 1 aromatic rings. The van der Waals surface area contributed by atoms with Crippen molar-refractivity contribution < 1.29 is 4.74 Å². The van der Waals surface area contributed by atoms with E-state index in [-0.39, 0.29) is 6.10 Å². The van der Waals surface area contributed by atoms with Crippen molar-refractivity contribution in [1.29, 1.82) is 0 Å². The molecule has 0 aliphatic heterocycles. The highest BCUT2D eigenvalue weighted by molar-refractivity contribution is 4.89. The van der Waals surface area contributed by atoms with Crippen molar-refractivity contribution in [2.45, 2.75) is 12.5 Å². The number of methoxy groups -OCH3 is 1. The summed E-state index contributed by atoms with van der Waals surface area (Å²) in [5.41, 5.74) is 5.43. The Morgan fingerprint density at radius 3 is 3.09 bits per heavy atom. The molecule has 0 spiro atoms. The van der Waals surface area contributed by atoms with Crippen molar-refractivity contribution in [1.82, 2.24) is 9.97 Å². The van der Waals surface area contributed by atoms with Crippen molar-refractivity contribution in [3.05, 3.63) is 18.2 Å². The summed E-state index contributed by atoms with van der Waals surface area (Å²) >= 11 is 0. The maximum atomic E-state index is 5.43. The van der Waals surface area contributed by atoms with Crippen molar-refractivity contribution in [2.75, 3.05) is 13.7 Å². The predicted molar refractivity (Wildman–Crippen MR) is 42.1 cm³/mol. The molecule has 0 saturated carbocycles. The van der Waals surface area contributed by atoms with Crippen LogP contribution >= 0.6 is 0 Å². The maximum absolute atomic E-state index is 5.43. The van der Waals surface area contributed by atoms with Crippen LogP contribution in [0.1, 0.15) is 5.82 Å². The van der Waals surface area contributed by atoms with Gasteiger partial charge in [0, 0.05) is 32.5 Å². The van der Waals surface area contributed by atoms with Gasteiger partial charge in [-0.2, -0.15) is 0 Å². The highest BCUT2D eigenvalue weighted by Gasteiger charge is 2.06. The number of ether oxygens (including phenoxy) is 1. The maximum Gasteiger partial charge on any atom is 0.108 e. The minimum Gasteiger partial charge on any atom is -0.380 e. The molecule has 0 aliphatic carbocycles. The summed E-state index contributed by atoms with van der Waals surface area (Å²) in [5, 5.41) is 0. The Labute approximate surface area is 65.8 Å². The minimum absolute atomic E-state index is 0.0705. The van der Waals surface area contributed by atoms with Gasteiger partial charge in [0.15, 0.2) is 0 Å². The largest absolute Gasteiger partial charge is 0.380 e. The van der Waals surface area contributed by atoms with Gasteiger partial charge in [-0.15, -0.1) is 0 Å². The molecular weight excluding hydrogens is 142 g/mol. The van der Waals surface area contributed by atoms with Crippen LogP contribution in [0.4, 0.5) is 0 Å². The molecule has 11 heavy (non-hydrogen) atoms. The molecule has 0 radical (unpaired) electrons. The Bertz CT molecular complexity index is 182. The molecule has 1 heterocycles. The number of imidazole rings is 1. The molecule has 0 bridgehead atoms. The number of H-pyrrole nitrogens is 1. The SMILES string of the molecule is COC(CN)Cc1ncc[nH]1. The zero-order valence-corrected chi connectivity index (χ0v) is 6.58. The fourth-order valence-electron chi connectivity index (χ4n) is 0.888. The topological polar surface area (TPSA) is 63.9 Å². The van der Waals surface area contributed by atoms with Gasteiger partial charge in [0.1, 0.15) is 5.82 Å². The summed E-state index contributed by atoms with van der Waals surface area (Å²) in [6.07, 6.45) is 4.33. The van der Waals surface area contributed by atoms with Crippen LogP contribution in [0, 0.1) is 0 Å². The van der Waals surface area contributed by atoms with Gasteiger partial charge >= 0.3 is 0 Å². The number of nitrogens with two attached hydrogens (primary N) is 1. The first-order chi connectivity index (χ1) is 5.36. The standard InChI is InChI=1S/C7H13N3O/c1-11-6(5-8)4-7-9-2-3-10-7/h2-3,6H,4-5,8H2,1H3,(H,9,10). The fourth-order valence-corrected chi connectivity index (χ4v) is 0.888. The molecule has 1 unspecified atom stereocenters. The molecule has 4 heteroatoms. The molecule has 62 valence electrons. The fraction of sp³-hybridized carbons (Fsp3) is 0.571. The first-order valence-electron chi connectivity index (χ1n) is 3.58. The van der Waals surface area contributed by atoms with Gasteiger partial charge in [-0.3, -0.25) is 0 Å². The number of nitrogens with zero attached hydrogens (tertiary/aromatic N) is 1. The van der Waals surface area contributed by atoms with E-state index in [1.807, 2.05) is 0 Å². The summed E-state index contributed by atoms with van der Waals surface area (Å²) in [6.45, 7) is 0.525. The summed E-state index contributed by atoms with van der Waals surface area (Å²) < 4.78 is 5.09. The molecule has 0 aliphatic rings. The summed E-state index contributed by atoms with van der Waals surface area (Å²) in [4.78, 5) is 7.05. The van der Waals surface area contributed by atoms with Crippen LogP contribution in [-0.2, 0) is 11.2 Å². The molecule has 0 saturated heterocycles. The van der Waals surface area contributed by atoms with Crippen LogP contribution in [0.3, 0.4) is 0 Å². The number of hydrogen-bond acceptors (Lipinski definition) is 3. The Hall–Kier alpha value is -0.870. The third-order valence-corrected chi connectivity index (χ3v) is 1.57. The van der Waals surface area contributed by atoms with E-state index >= 15 is 0 Å². The lowest BCUT2D eigenvalue weighted by molar-refractivity contribution is 0.108. The van der Waals surface area contributed by atoms with E-state index in [2.05, 4.69) is 9.97 Å². The van der Waals surface area contributed by atoms with Crippen molar-refractivity contribution in [2.24, 2.45) is 5.73 Å². The molecule has 0 amide bonds. The second-order valence-electron chi connectivity index (χ2n) is 2.33. The van der Waals surface area contributed by atoms with Crippen molar-refractivity contribution in [3.63, 3.8) is 0 Å². The van der Waals surface area contributed by atoms with Crippen LogP contribution in [0.25, 0.3) is 0 Å². The van der Waals surface area contributed by atoms with E-state index < -0.39 is 0 Å². The van der Waals surface area contributed by atoms with Gasteiger partial charge in [-0.1, -0.05) is 0 Å². The number of rotatable bonds is 4. The summed E-state index contributed by atoms with van der Waals surface area (Å²) in [7, 11) is 1.65. The molecule has 4 nitrogen and oxygen atoms in total. The van der Waals surface area contributed by atoms with Crippen LogP contribution in [0.5, 0.6) is 0 Å². The monoisotopic (exact) mass is 155 g/mol. The summed E-state index contributed by atoms with van der Waals surface area (Å²) in [5.74, 6) is 0.919. The van der Waals surface area contributed by atoms with Crippen molar-refractivity contribution in [3.8, 4) is 0 Å². The number of aromatic nitrogens is 2. The molecule has 1 aromatic heterocycles. The lowest BCUT2D eigenvalue weighted by atomic mass is 10.2. The highest BCUT2D eigenvalue weighted by Crippen LogP contribution is 1.97. The minimum atomic E-state index is 0.0705. The van der Waals surface area contributed by atoms with E-state index in [1.165, 1.54) is 0 Å². The van der Waals surface area contributed by atoms with Crippen LogP contribution in [-0.4, -0.2) is 29.7 Å². The zero-order chi connectivity index (χ0) is 8.10. The molecule has 0 fully saturated rings. The third-order valence-electron chi connectivity index (χ3n) is 1.57. The predicted octanol–water partition coefficient (Wildman–Crippen LogP) is -0.0741. The second-order valence-corrected chi connectivity index (χ2v) is 2.33. The Morgan fingerprint density at radius 2 is 2.64 bits per heavy atom. The van der Waals surface area contributed by atoms with Gasteiger partial charge in [-0.05, 0) is 0 Å². The van der Waals surface area contributed by atoms with E-state index in [0.717, 1.165) is 12.2 Å². The van der Waals surface area contributed by atoms with Gasteiger partial charge in [-0.25, -0.2) is 4.98 Å².